The highest BCUT2D eigenvalue weighted by Crippen LogP contribution is 2.31. The Bertz CT molecular complexity index is 947. The average Bonchev–Trinajstić information content (AvgIpc) is 3.02. The number of esters is 1. The summed E-state index contributed by atoms with van der Waals surface area (Å²) >= 11 is 1.33. The molecule has 124 valence electrons. The van der Waals surface area contributed by atoms with Crippen molar-refractivity contribution in [3.8, 4) is 11.1 Å². The minimum Gasteiger partial charge on any atom is -0.467 e. The molecule has 0 saturated carbocycles. The summed E-state index contributed by atoms with van der Waals surface area (Å²) in [4.78, 5) is 29.7. The number of aromatic nitrogens is 2. The zero-order chi connectivity index (χ0) is 17.3. The van der Waals surface area contributed by atoms with Crippen molar-refractivity contribution in [2.45, 2.75) is 19.4 Å². The zero-order valence-electron chi connectivity index (χ0n) is 13.2. The molecule has 0 amide bonds. The van der Waals surface area contributed by atoms with Gasteiger partial charge in [-0.2, -0.15) is 0 Å². The Morgan fingerprint density at radius 3 is 2.71 bits per heavy atom. The van der Waals surface area contributed by atoms with Crippen LogP contribution in [0.25, 0.3) is 21.3 Å². The standard InChI is InChI=1S/C17H15FN2O3S/c1-3-13(17(22)23-2)20-9-19-15-14(16(20)21)12(8-24-15)10-4-6-11(18)7-5-10/h4-9,13H,3H2,1-2H3/t13-/m1/s1. The van der Waals surface area contributed by atoms with E-state index >= 15 is 0 Å². The van der Waals surface area contributed by atoms with Gasteiger partial charge >= 0.3 is 5.97 Å². The van der Waals surface area contributed by atoms with Crippen LogP contribution in [-0.4, -0.2) is 22.6 Å². The molecule has 0 aliphatic carbocycles. The number of carbonyl (C=O) groups is 1. The van der Waals surface area contributed by atoms with Gasteiger partial charge in [0.05, 0.1) is 18.8 Å². The van der Waals surface area contributed by atoms with Crippen molar-refractivity contribution in [2.75, 3.05) is 7.11 Å². The molecule has 0 aliphatic rings. The van der Waals surface area contributed by atoms with Crippen molar-refractivity contribution >= 4 is 27.5 Å². The number of thiophene rings is 1. The number of methoxy groups -OCH3 is 1. The molecule has 3 rings (SSSR count). The average molecular weight is 346 g/mol. The number of halogens is 1. The first-order valence-corrected chi connectivity index (χ1v) is 8.26. The van der Waals surface area contributed by atoms with Crippen molar-refractivity contribution < 1.29 is 13.9 Å². The third-order valence-electron chi connectivity index (χ3n) is 3.87. The van der Waals surface area contributed by atoms with E-state index in [1.165, 1.54) is 41.5 Å². The highest BCUT2D eigenvalue weighted by Gasteiger charge is 2.23. The molecule has 5 nitrogen and oxygen atoms in total. The SMILES string of the molecule is CC[C@H](C(=O)OC)n1cnc2scc(-c3ccc(F)cc3)c2c1=O. The molecule has 0 radical (unpaired) electrons. The van der Waals surface area contributed by atoms with E-state index in [0.29, 0.717) is 22.2 Å². The van der Waals surface area contributed by atoms with E-state index in [1.807, 2.05) is 5.38 Å². The Morgan fingerprint density at radius 1 is 1.38 bits per heavy atom. The van der Waals surface area contributed by atoms with Gasteiger partial charge in [0.25, 0.3) is 5.56 Å². The van der Waals surface area contributed by atoms with Crippen LogP contribution in [0.4, 0.5) is 4.39 Å². The minimum absolute atomic E-state index is 0.308. The molecule has 3 aromatic rings. The lowest BCUT2D eigenvalue weighted by atomic mass is 10.1. The van der Waals surface area contributed by atoms with Crippen LogP contribution in [0.5, 0.6) is 0 Å². The molecule has 0 saturated heterocycles. The Hall–Kier alpha value is -2.54. The molecular weight excluding hydrogens is 331 g/mol. The van der Waals surface area contributed by atoms with E-state index in [9.17, 15) is 14.0 Å². The van der Waals surface area contributed by atoms with Gasteiger partial charge in [-0.25, -0.2) is 14.2 Å². The van der Waals surface area contributed by atoms with E-state index in [1.54, 1.807) is 19.1 Å². The molecule has 7 heteroatoms. The number of carbonyl (C=O) groups excluding carboxylic acids is 1. The van der Waals surface area contributed by atoms with Gasteiger partial charge in [-0.15, -0.1) is 11.3 Å². The van der Waals surface area contributed by atoms with Crippen LogP contribution in [-0.2, 0) is 9.53 Å². The monoisotopic (exact) mass is 346 g/mol. The van der Waals surface area contributed by atoms with Gasteiger partial charge in [0.1, 0.15) is 16.7 Å². The number of fused-ring (bicyclic) bond motifs is 1. The van der Waals surface area contributed by atoms with E-state index in [-0.39, 0.29) is 11.4 Å². The second-order valence-electron chi connectivity index (χ2n) is 5.24. The number of hydrogen-bond donors (Lipinski definition) is 0. The quantitative estimate of drug-likeness (QED) is 0.680. The van der Waals surface area contributed by atoms with Gasteiger partial charge in [-0.1, -0.05) is 19.1 Å². The van der Waals surface area contributed by atoms with Gasteiger partial charge < -0.3 is 4.74 Å². The maximum atomic E-state index is 13.1. The molecule has 1 atom stereocenters. The Balaban J connectivity index is 2.21. The first-order valence-electron chi connectivity index (χ1n) is 7.39. The largest absolute Gasteiger partial charge is 0.467 e. The highest BCUT2D eigenvalue weighted by molar-refractivity contribution is 7.17. The summed E-state index contributed by atoms with van der Waals surface area (Å²) in [6.45, 7) is 1.80. The maximum absolute atomic E-state index is 13.1. The molecule has 1 aromatic carbocycles. The summed E-state index contributed by atoms with van der Waals surface area (Å²) < 4.78 is 19.2. The van der Waals surface area contributed by atoms with Gasteiger partial charge in [-0.05, 0) is 24.1 Å². The van der Waals surface area contributed by atoms with E-state index < -0.39 is 12.0 Å². The summed E-state index contributed by atoms with van der Waals surface area (Å²) in [5.74, 6) is -0.829. The first kappa shape index (κ1) is 16.3. The Morgan fingerprint density at radius 2 is 2.08 bits per heavy atom. The smallest absolute Gasteiger partial charge is 0.329 e. The van der Waals surface area contributed by atoms with E-state index in [4.69, 9.17) is 4.74 Å². The minimum atomic E-state index is -0.722. The fourth-order valence-electron chi connectivity index (χ4n) is 2.62. The van der Waals surface area contributed by atoms with Crippen LogP contribution in [0.1, 0.15) is 19.4 Å². The van der Waals surface area contributed by atoms with Crippen LogP contribution in [0.3, 0.4) is 0 Å². The lowest BCUT2D eigenvalue weighted by Gasteiger charge is -2.15. The van der Waals surface area contributed by atoms with Gasteiger partial charge in [0.15, 0.2) is 0 Å². The number of nitrogens with zero attached hydrogens (tertiary/aromatic N) is 2. The summed E-state index contributed by atoms with van der Waals surface area (Å²) in [5.41, 5.74) is 1.10. The molecular formula is C17H15FN2O3S. The third kappa shape index (κ3) is 2.71. The lowest BCUT2D eigenvalue weighted by Crippen LogP contribution is -2.30. The van der Waals surface area contributed by atoms with Crippen molar-refractivity contribution in [1.29, 1.82) is 0 Å². The predicted molar refractivity (Wildman–Crippen MR) is 90.6 cm³/mol. The van der Waals surface area contributed by atoms with Crippen LogP contribution in [0.2, 0.25) is 0 Å². The first-order chi connectivity index (χ1) is 11.6. The number of benzene rings is 1. The predicted octanol–water partition coefficient (Wildman–Crippen LogP) is 3.39. The highest BCUT2D eigenvalue weighted by atomic mass is 32.1. The molecule has 0 fully saturated rings. The summed E-state index contributed by atoms with van der Waals surface area (Å²) in [6.07, 6.45) is 1.79. The van der Waals surface area contributed by atoms with Crippen LogP contribution < -0.4 is 5.56 Å². The van der Waals surface area contributed by atoms with E-state index in [2.05, 4.69) is 4.98 Å². The Labute approximate surface area is 141 Å². The van der Waals surface area contributed by atoms with Gasteiger partial charge in [0.2, 0.25) is 0 Å². The normalized spacial score (nSPS) is 12.3. The topological polar surface area (TPSA) is 61.2 Å². The second kappa shape index (κ2) is 6.52. The summed E-state index contributed by atoms with van der Waals surface area (Å²) in [7, 11) is 1.29. The zero-order valence-corrected chi connectivity index (χ0v) is 14.0. The Kier molecular flexibility index (Phi) is 4.44. The molecule has 2 aromatic heterocycles. The fourth-order valence-corrected chi connectivity index (χ4v) is 3.53. The molecule has 0 unspecified atom stereocenters. The molecule has 0 N–H and O–H groups in total. The number of rotatable bonds is 4. The fraction of sp³-hybridized carbons (Fsp3) is 0.235. The van der Waals surface area contributed by atoms with Crippen molar-refractivity contribution in [2.24, 2.45) is 0 Å². The van der Waals surface area contributed by atoms with Crippen LogP contribution >= 0.6 is 11.3 Å². The van der Waals surface area contributed by atoms with Crippen molar-refractivity contribution in [3.63, 3.8) is 0 Å². The van der Waals surface area contributed by atoms with Crippen molar-refractivity contribution in [1.82, 2.24) is 9.55 Å². The van der Waals surface area contributed by atoms with E-state index in [0.717, 1.165) is 5.56 Å². The third-order valence-corrected chi connectivity index (χ3v) is 4.76. The molecule has 0 aliphatic heterocycles. The maximum Gasteiger partial charge on any atom is 0.329 e. The number of ether oxygens (including phenoxy) is 1. The summed E-state index contributed by atoms with van der Waals surface area (Å²) in [6, 6.07) is 5.20. The van der Waals surface area contributed by atoms with Crippen LogP contribution in [0, 0.1) is 5.82 Å². The number of hydrogen-bond acceptors (Lipinski definition) is 5. The molecule has 24 heavy (non-hydrogen) atoms. The van der Waals surface area contributed by atoms with Crippen molar-refractivity contribution in [3.05, 3.63) is 52.1 Å². The van der Waals surface area contributed by atoms with Crippen LogP contribution in [0.15, 0.2) is 40.8 Å². The summed E-state index contributed by atoms with van der Waals surface area (Å²) in [5, 5.41) is 2.24. The molecule has 0 spiro atoms. The van der Waals surface area contributed by atoms with Gasteiger partial charge in [-0.3, -0.25) is 9.36 Å². The molecule has 0 bridgehead atoms. The lowest BCUT2D eigenvalue weighted by molar-refractivity contribution is -0.144. The molecule has 2 heterocycles. The second-order valence-corrected chi connectivity index (χ2v) is 6.10. The van der Waals surface area contributed by atoms with Gasteiger partial charge in [0, 0.05) is 10.9 Å².